The van der Waals surface area contributed by atoms with Crippen LogP contribution in [0.25, 0.3) is 0 Å². The molecule has 5 aliphatic heterocycles. The Labute approximate surface area is 212 Å². The largest absolute Gasteiger partial charge is 0.491 e. The number of ether oxygens (including phenoxy) is 4. The molecule has 0 aromatic rings. The summed E-state index contributed by atoms with van der Waals surface area (Å²) in [6, 6.07) is 0. The minimum atomic E-state index is -1.43. The molecule has 0 aromatic heterocycles. The van der Waals surface area contributed by atoms with E-state index in [0.29, 0.717) is 12.2 Å². The van der Waals surface area contributed by atoms with Gasteiger partial charge in [0.1, 0.15) is 17.8 Å². The average Bonchev–Trinajstić information content (AvgIpc) is 3.46. The van der Waals surface area contributed by atoms with Gasteiger partial charge in [0.15, 0.2) is 11.4 Å². The van der Waals surface area contributed by atoms with Crippen molar-refractivity contribution in [1.82, 2.24) is 0 Å². The summed E-state index contributed by atoms with van der Waals surface area (Å²) in [5.41, 5.74) is -4.90. The Hall–Kier alpha value is -1.25. The monoisotopic (exact) mass is 498 g/mol. The van der Waals surface area contributed by atoms with Crippen molar-refractivity contribution in [3.63, 3.8) is 0 Å². The van der Waals surface area contributed by atoms with Crippen molar-refractivity contribution in [2.75, 3.05) is 0 Å². The number of hydrogen-bond donors (Lipinski definition) is 2. The van der Waals surface area contributed by atoms with Crippen LogP contribution >= 0.6 is 0 Å². The zero-order valence-electron chi connectivity index (χ0n) is 21.7. The maximum atomic E-state index is 13.5. The second-order valence-corrected chi connectivity index (χ2v) is 14.0. The molecule has 2 spiro atoms. The molecule has 5 saturated heterocycles. The number of ketones is 1. The van der Waals surface area contributed by atoms with Crippen LogP contribution in [0.15, 0.2) is 24.5 Å². The van der Waals surface area contributed by atoms with Crippen LogP contribution < -0.4 is 0 Å². The van der Waals surface area contributed by atoms with Gasteiger partial charge in [-0.15, -0.1) is 0 Å². The van der Waals surface area contributed by atoms with Gasteiger partial charge in [-0.3, -0.25) is 4.79 Å². The smallest absolute Gasteiger partial charge is 0.202 e. The molecule has 0 radical (unpaired) electrons. The van der Waals surface area contributed by atoms with Gasteiger partial charge >= 0.3 is 0 Å². The number of fused-ring (bicyclic) bond motifs is 7. The Kier molecular flexibility index (Phi) is 3.78. The van der Waals surface area contributed by atoms with Crippen LogP contribution in [0.4, 0.5) is 0 Å². The highest BCUT2D eigenvalue weighted by atomic mass is 16.8. The molecule has 0 amide bonds. The van der Waals surface area contributed by atoms with Gasteiger partial charge in [-0.1, -0.05) is 19.6 Å². The molecule has 3 saturated carbocycles. The van der Waals surface area contributed by atoms with E-state index in [2.05, 4.69) is 20.4 Å². The number of aliphatic hydroxyl groups is 2. The molecule has 196 valence electrons. The minimum absolute atomic E-state index is 0.0388. The highest BCUT2D eigenvalue weighted by Gasteiger charge is 2.86. The molecule has 7 nitrogen and oxygen atoms in total. The minimum Gasteiger partial charge on any atom is -0.491 e. The average molecular weight is 499 g/mol. The van der Waals surface area contributed by atoms with Crippen molar-refractivity contribution in [3.05, 3.63) is 24.5 Å². The summed E-state index contributed by atoms with van der Waals surface area (Å²) >= 11 is 0. The maximum Gasteiger partial charge on any atom is 0.202 e. The number of epoxide rings is 1. The SMILES string of the molecule is C=C1OC2C[C@@](C)(O)C1(C)C[C@@]2(O)[C@@]12CC[C@@]3(O1)C1C(O2)[C@H]2O[C@]24CC=CC(=O)[C@]4(C)[C@H]1CC[C@H]3C. The van der Waals surface area contributed by atoms with Crippen molar-refractivity contribution in [2.45, 2.75) is 119 Å². The summed E-state index contributed by atoms with van der Waals surface area (Å²) in [6.45, 7) is 12.2. The van der Waals surface area contributed by atoms with E-state index in [1.807, 2.05) is 19.9 Å². The molecule has 4 aliphatic carbocycles. The molecule has 8 fully saturated rings. The summed E-state index contributed by atoms with van der Waals surface area (Å²) < 4.78 is 27.0. The fourth-order valence-corrected chi connectivity index (χ4v) is 10.4. The van der Waals surface area contributed by atoms with Crippen LogP contribution in [0.1, 0.15) is 72.6 Å². The lowest BCUT2D eigenvalue weighted by Gasteiger charge is -2.68. The van der Waals surface area contributed by atoms with E-state index >= 15 is 0 Å². The lowest BCUT2D eigenvalue weighted by atomic mass is 9.45. The second kappa shape index (κ2) is 5.99. The Morgan fingerprint density at radius 1 is 1.11 bits per heavy atom. The predicted molar refractivity (Wildman–Crippen MR) is 127 cm³/mol. The molecule has 9 rings (SSSR count). The van der Waals surface area contributed by atoms with Crippen molar-refractivity contribution in [3.8, 4) is 0 Å². The highest BCUT2D eigenvalue weighted by molar-refractivity contribution is 5.98. The fourth-order valence-electron chi connectivity index (χ4n) is 10.4. The Morgan fingerprint density at radius 2 is 1.89 bits per heavy atom. The van der Waals surface area contributed by atoms with Gasteiger partial charge in [-0.05, 0) is 64.4 Å². The van der Waals surface area contributed by atoms with E-state index in [-0.39, 0.29) is 48.6 Å². The van der Waals surface area contributed by atoms with E-state index in [4.69, 9.17) is 18.9 Å². The first-order valence-corrected chi connectivity index (χ1v) is 13.9. The van der Waals surface area contributed by atoms with Crippen LogP contribution in [-0.2, 0) is 23.7 Å². The van der Waals surface area contributed by atoms with Crippen LogP contribution in [0.2, 0.25) is 0 Å². The normalized spacial score (nSPS) is 65.9. The van der Waals surface area contributed by atoms with E-state index in [1.165, 1.54) is 0 Å². The van der Waals surface area contributed by atoms with Crippen molar-refractivity contribution < 1.29 is 34.0 Å². The first-order chi connectivity index (χ1) is 16.8. The summed E-state index contributed by atoms with van der Waals surface area (Å²) in [7, 11) is 0. The van der Waals surface area contributed by atoms with Crippen LogP contribution in [0, 0.1) is 28.6 Å². The molecule has 7 heteroatoms. The van der Waals surface area contributed by atoms with Crippen molar-refractivity contribution in [2.24, 2.45) is 28.6 Å². The Bertz CT molecular complexity index is 1150. The van der Waals surface area contributed by atoms with Crippen LogP contribution in [0.5, 0.6) is 0 Å². The topological polar surface area (TPSA) is 97.8 Å². The second-order valence-electron chi connectivity index (χ2n) is 14.0. The molecular weight excluding hydrogens is 460 g/mol. The maximum absolute atomic E-state index is 13.5. The molecule has 36 heavy (non-hydrogen) atoms. The quantitative estimate of drug-likeness (QED) is 0.536. The molecule has 4 unspecified atom stereocenters. The highest BCUT2D eigenvalue weighted by Crippen LogP contribution is 2.76. The number of hydrogen-bond acceptors (Lipinski definition) is 7. The zero-order chi connectivity index (χ0) is 25.3. The lowest BCUT2D eigenvalue weighted by molar-refractivity contribution is -0.440. The molecule has 9 aliphatic rings. The first-order valence-electron chi connectivity index (χ1n) is 13.9. The Morgan fingerprint density at radius 3 is 2.64 bits per heavy atom. The molecule has 4 bridgehead atoms. The zero-order valence-corrected chi connectivity index (χ0v) is 21.7. The lowest BCUT2D eigenvalue weighted by Crippen LogP contribution is -2.79. The third kappa shape index (κ3) is 2.02. The number of rotatable bonds is 1. The van der Waals surface area contributed by atoms with E-state index in [0.717, 1.165) is 25.7 Å². The molecule has 13 atom stereocenters. The van der Waals surface area contributed by atoms with E-state index in [9.17, 15) is 15.0 Å². The van der Waals surface area contributed by atoms with Gasteiger partial charge < -0.3 is 29.2 Å². The van der Waals surface area contributed by atoms with Crippen LogP contribution in [-0.4, -0.2) is 62.5 Å². The third-order valence-electron chi connectivity index (χ3n) is 13.0. The summed E-state index contributed by atoms with van der Waals surface area (Å²) in [4.78, 5) is 13.5. The van der Waals surface area contributed by atoms with Crippen LogP contribution in [0.3, 0.4) is 0 Å². The first kappa shape index (κ1) is 22.7. The van der Waals surface area contributed by atoms with E-state index in [1.54, 1.807) is 6.08 Å². The number of allylic oxidation sites excluding steroid dienone is 1. The standard InChI is InChI=1S/C29H38O7/c1-15-8-9-17-20-21(22-28(35-22)10-6-7-18(30)25(17,28)5)34-29(12-11-26(15,20)36-29)27(32)14-23(3)16(2)33-19(27)13-24(23,4)31/h6-7,15,17,19-22,31-32H,2,8-14H2,1,3-5H3/t15-,17+,19?,20?,21?,22-,23?,24-,25+,26+,27+,28-,29-/m1/s1. The molecule has 0 aromatic carbocycles. The summed E-state index contributed by atoms with van der Waals surface area (Å²) in [5, 5.41) is 23.8. The molecule has 2 N–H and O–H groups in total. The van der Waals surface area contributed by atoms with Gasteiger partial charge in [0.25, 0.3) is 0 Å². The number of carbonyl (C=O) groups excluding carboxylic acids is 1. The van der Waals surface area contributed by atoms with Gasteiger partial charge in [0.05, 0.1) is 33.9 Å². The third-order valence-corrected chi connectivity index (χ3v) is 13.0. The van der Waals surface area contributed by atoms with Gasteiger partial charge in [-0.25, -0.2) is 0 Å². The molecular formula is C29H38O7. The molecule has 5 heterocycles. The van der Waals surface area contributed by atoms with Crippen molar-refractivity contribution in [1.29, 1.82) is 0 Å². The Balaban J connectivity index is 1.26. The van der Waals surface area contributed by atoms with Gasteiger partial charge in [-0.2, -0.15) is 0 Å². The summed E-state index contributed by atoms with van der Waals surface area (Å²) in [5.74, 6) is -0.139. The predicted octanol–water partition coefficient (Wildman–Crippen LogP) is 3.17. The van der Waals surface area contributed by atoms with Gasteiger partial charge in [0.2, 0.25) is 5.79 Å². The number of carbonyl (C=O) groups is 1. The fraction of sp³-hybridized carbons (Fsp3) is 0.828. The van der Waals surface area contributed by atoms with Crippen molar-refractivity contribution >= 4 is 5.78 Å². The summed E-state index contributed by atoms with van der Waals surface area (Å²) in [6.07, 6.45) is 7.13. The van der Waals surface area contributed by atoms with E-state index < -0.39 is 45.1 Å². The van der Waals surface area contributed by atoms with Gasteiger partial charge in [0, 0.05) is 25.2 Å².